The molecule has 0 radical (unpaired) electrons. The van der Waals surface area contributed by atoms with Crippen molar-refractivity contribution >= 4 is 0 Å². The van der Waals surface area contributed by atoms with Crippen LogP contribution in [0.25, 0.3) is 0 Å². The number of fused-ring (bicyclic) bond motifs is 1. The fourth-order valence-corrected chi connectivity index (χ4v) is 6.91. The summed E-state index contributed by atoms with van der Waals surface area (Å²) in [5, 5.41) is 10.1. The maximum Gasteiger partial charge on any atom is 0.144 e. The maximum absolute atomic E-state index is 10.1. The smallest absolute Gasteiger partial charge is 0.144 e. The van der Waals surface area contributed by atoms with Crippen LogP contribution in [0.3, 0.4) is 0 Å². The summed E-state index contributed by atoms with van der Waals surface area (Å²) >= 11 is 0. The number of aliphatic hydroxyl groups is 1. The summed E-state index contributed by atoms with van der Waals surface area (Å²) < 4.78 is 0. The molecule has 164 valence electrons. The molecule has 0 aromatic heterocycles. The third-order valence-corrected chi connectivity index (χ3v) is 8.94. The molecule has 0 aromatic carbocycles. The summed E-state index contributed by atoms with van der Waals surface area (Å²) in [6, 6.07) is 0. The molecule has 0 amide bonds. The number of aliphatic hydroxyl groups excluding tert-OH is 1. The van der Waals surface area contributed by atoms with Crippen LogP contribution < -0.4 is 0 Å². The molecule has 0 aromatic rings. The second kappa shape index (κ2) is 7.98. The minimum atomic E-state index is -0.198. The van der Waals surface area contributed by atoms with Gasteiger partial charge in [-0.15, -0.1) is 0 Å². The highest BCUT2D eigenvalue weighted by molar-refractivity contribution is 5.36. The van der Waals surface area contributed by atoms with Gasteiger partial charge in [-0.2, -0.15) is 4.89 Å². The zero-order valence-electron chi connectivity index (χ0n) is 18.7. The van der Waals surface area contributed by atoms with E-state index in [4.69, 9.17) is 9.78 Å². The van der Waals surface area contributed by atoms with Crippen molar-refractivity contribution in [2.24, 2.45) is 29.1 Å². The molecule has 4 fully saturated rings. The van der Waals surface area contributed by atoms with Crippen LogP contribution in [0.15, 0.2) is 47.3 Å². The normalized spacial score (nSPS) is 42.9. The monoisotopic (exact) mass is 410 g/mol. The highest BCUT2D eigenvalue weighted by atomic mass is 17.2. The molecule has 0 saturated heterocycles. The first kappa shape index (κ1) is 20.6. The van der Waals surface area contributed by atoms with Crippen molar-refractivity contribution in [3.63, 3.8) is 0 Å². The van der Waals surface area contributed by atoms with E-state index in [2.05, 4.69) is 38.7 Å². The average Bonchev–Trinajstić information content (AvgIpc) is 3.34. The van der Waals surface area contributed by atoms with Gasteiger partial charge in [-0.25, -0.2) is 0 Å². The first-order chi connectivity index (χ1) is 14.5. The maximum atomic E-state index is 10.1. The average molecular weight is 411 g/mol. The minimum absolute atomic E-state index is 0.115. The van der Waals surface area contributed by atoms with Gasteiger partial charge in [0.2, 0.25) is 0 Å². The number of hydrogen-bond donors (Lipinski definition) is 1. The third kappa shape index (κ3) is 3.73. The summed E-state index contributed by atoms with van der Waals surface area (Å²) in [6.07, 6.45) is 18.3. The standard InChI is InChI=1S/C27H38O3/c1-17-6-11-22(28)15-21(17)10-7-19-5-4-14-27(3)23(12-13-24(19)27)18(2)25-16-26(30-29-25)20-8-9-20/h7,10,16,18,20,22-25,28H,1,4-6,8-9,11-15H2,2-3H3/b19-7+,21-10-/t18-,22-,23+,24?,25?,27+/m0/s1. The molecule has 2 unspecified atom stereocenters. The van der Waals surface area contributed by atoms with Crippen LogP contribution >= 0.6 is 0 Å². The molecule has 6 atom stereocenters. The fourth-order valence-electron chi connectivity index (χ4n) is 6.91. The van der Waals surface area contributed by atoms with Gasteiger partial charge in [0, 0.05) is 5.92 Å². The van der Waals surface area contributed by atoms with Gasteiger partial charge in [0.15, 0.2) is 0 Å². The molecule has 1 N–H and O–H groups in total. The second-order valence-corrected chi connectivity index (χ2v) is 10.9. The lowest BCUT2D eigenvalue weighted by Crippen LogP contribution is -2.39. The summed E-state index contributed by atoms with van der Waals surface area (Å²) in [6.45, 7) is 9.16. The highest BCUT2D eigenvalue weighted by Gasteiger charge is 2.52. The molecule has 5 aliphatic rings. The largest absolute Gasteiger partial charge is 0.393 e. The molecular weight excluding hydrogens is 372 g/mol. The van der Waals surface area contributed by atoms with Crippen LogP contribution in [-0.2, 0) is 9.78 Å². The molecule has 4 saturated carbocycles. The van der Waals surface area contributed by atoms with E-state index in [1.807, 2.05) is 0 Å². The van der Waals surface area contributed by atoms with Crippen molar-refractivity contribution in [3.05, 3.63) is 47.3 Å². The van der Waals surface area contributed by atoms with E-state index >= 15 is 0 Å². The van der Waals surface area contributed by atoms with Gasteiger partial charge in [-0.05, 0) is 99.0 Å². The molecule has 1 aliphatic heterocycles. The molecule has 4 aliphatic carbocycles. The van der Waals surface area contributed by atoms with Gasteiger partial charge in [-0.3, -0.25) is 0 Å². The lowest BCUT2D eigenvalue weighted by atomic mass is 9.60. The Labute approximate surface area is 181 Å². The molecule has 0 bridgehead atoms. The van der Waals surface area contributed by atoms with Crippen molar-refractivity contribution in [2.45, 2.75) is 90.3 Å². The Balaban J connectivity index is 1.33. The predicted octanol–water partition coefficient (Wildman–Crippen LogP) is 6.42. The lowest BCUT2D eigenvalue weighted by molar-refractivity contribution is -0.278. The highest BCUT2D eigenvalue weighted by Crippen LogP contribution is 2.60. The quantitative estimate of drug-likeness (QED) is 0.544. The second-order valence-electron chi connectivity index (χ2n) is 10.9. The van der Waals surface area contributed by atoms with Crippen molar-refractivity contribution in [2.75, 3.05) is 0 Å². The van der Waals surface area contributed by atoms with E-state index in [9.17, 15) is 5.11 Å². The Morgan fingerprint density at radius 1 is 1.17 bits per heavy atom. The Morgan fingerprint density at radius 2 is 2.00 bits per heavy atom. The zero-order valence-corrected chi connectivity index (χ0v) is 18.7. The van der Waals surface area contributed by atoms with E-state index in [1.165, 1.54) is 56.1 Å². The van der Waals surface area contributed by atoms with Crippen LogP contribution in [-0.4, -0.2) is 17.3 Å². The van der Waals surface area contributed by atoms with E-state index < -0.39 is 0 Å². The van der Waals surface area contributed by atoms with Crippen LogP contribution in [0.2, 0.25) is 0 Å². The van der Waals surface area contributed by atoms with E-state index in [0.29, 0.717) is 29.1 Å². The summed E-state index contributed by atoms with van der Waals surface area (Å²) in [4.78, 5) is 11.4. The van der Waals surface area contributed by atoms with E-state index in [-0.39, 0.29) is 12.2 Å². The molecule has 3 nitrogen and oxygen atoms in total. The Hall–Kier alpha value is -1.32. The van der Waals surface area contributed by atoms with Crippen molar-refractivity contribution in [3.8, 4) is 0 Å². The van der Waals surface area contributed by atoms with Crippen molar-refractivity contribution < 1.29 is 14.9 Å². The fraction of sp³-hybridized carbons (Fsp3) is 0.704. The van der Waals surface area contributed by atoms with E-state index in [1.54, 1.807) is 5.57 Å². The first-order valence-electron chi connectivity index (χ1n) is 12.3. The summed E-state index contributed by atoms with van der Waals surface area (Å²) in [7, 11) is 0. The molecule has 30 heavy (non-hydrogen) atoms. The molecule has 5 rings (SSSR count). The molecule has 3 heteroatoms. The zero-order chi connectivity index (χ0) is 20.9. The predicted molar refractivity (Wildman–Crippen MR) is 119 cm³/mol. The van der Waals surface area contributed by atoms with E-state index in [0.717, 1.165) is 25.0 Å². The van der Waals surface area contributed by atoms with Crippen LogP contribution in [0.1, 0.15) is 78.1 Å². The first-order valence-corrected chi connectivity index (χ1v) is 12.3. The number of rotatable bonds is 4. The Morgan fingerprint density at radius 3 is 2.80 bits per heavy atom. The topological polar surface area (TPSA) is 38.7 Å². The third-order valence-electron chi connectivity index (χ3n) is 8.94. The van der Waals surface area contributed by atoms with Gasteiger partial charge >= 0.3 is 0 Å². The van der Waals surface area contributed by atoms with Gasteiger partial charge in [0.25, 0.3) is 0 Å². The minimum Gasteiger partial charge on any atom is -0.393 e. The Kier molecular flexibility index (Phi) is 5.48. The molecule has 0 spiro atoms. The molecular formula is C27H38O3. The Bertz CT molecular complexity index is 786. The van der Waals surface area contributed by atoms with Gasteiger partial charge in [0.05, 0.1) is 6.10 Å². The van der Waals surface area contributed by atoms with Crippen molar-refractivity contribution in [1.82, 2.24) is 0 Å². The van der Waals surface area contributed by atoms with Gasteiger partial charge < -0.3 is 9.99 Å². The lowest BCUT2D eigenvalue weighted by Gasteiger charge is -2.44. The van der Waals surface area contributed by atoms with Crippen LogP contribution in [0.5, 0.6) is 0 Å². The summed E-state index contributed by atoms with van der Waals surface area (Å²) in [5.74, 6) is 3.55. The van der Waals surface area contributed by atoms with Gasteiger partial charge in [0.1, 0.15) is 11.9 Å². The van der Waals surface area contributed by atoms with Crippen LogP contribution in [0, 0.1) is 29.1 Å². The van der Waals surface area contributed by atoms with Crippen molar-refractivity contribution in [1.29, 1.82) is 0 Å². The SMILES string of the molecule is C=C1CC[C@H](O)C/C1=C/C=C1\CCC[C@@]2(C)C1CC[C@@H]2[C@H](C)C1C=C(C2CC2)OO1. The molecule has 1 heterocycles. The van der Waals surface area contributed by atoms with Crippen LogP contribution in [0.4, 0.5) is 0 Å². The number of allylic oxidation sites excluding steroid dienone is 5. The number of hydrogen-bond acceptors (Lipinski definition) is 3. The summed E-state index contributed by atoms with van der Waals surface area (Å²) in [5.41, 5.74) is 4.44. The van der Waals surface area contributed by atoms with Gasteiger partial charge in [-0.1, -0.05) is 43.7 Å².